The molecule has 1 fully saturated rings. The average Bonchev–Trinajstić information content (AvgIpc) is 2.65. The second-order valence-electron chi connectivity index (χ2n) is 6.71. The molecule has 1 heterocycles. The molecule has 2 amide bonds. The number of rotatable bonds is 6. The Hall–Kier alpha value is -1.88. The fourth-order valence-electron chi connectivity index (χ4n) is 3.00. The molecule has 3 N–H and O–H groups in total. The molecule has 0 saturated carbocycles. The van der Waals surface area contributed by atoms with E-state index < -0.39 is 6.04 Å². The number of nitrogens with two attached hydrogens (primary N) is 1. The first-order valence-electron chi connectivity index (χ1n) is 8.89. The topological polar surface area (TPSA) is 75.4 Å². The van der Waals surface area contributed by atoms with Gasteiger partial charge in [0, 0.05) is 25.6 Å². The smallest absolute Gasteiger partial charge is 0.239 e. The third kappa shape index (κ3) is 4.81. The first kappa shape index (κ1) is 18.5. The van der Waals surface area contributed by atoms with Gasteiger partial charge in [0.1, 0.15) is 0 Å². The minimum absolute atomic E-state index is 0.0161. The Morgan fingerprint density at radius 2 is 1.88 bits per heavy atom. The Balaban J connectivity index is 1.77. The third-order valence-electron chi connectivity index (χ3n) is 5.03. The molecule has 1 saturated heterocycles. The molecule has 2 rings (SSSR count). The number of likely N-dealkylation sites (tertiary alicyclic amines) is 1. The molecule has 1 aromatic rings. The van der Waals surface area contributed by atoms with Crippen molar-refractivity contribution in [1.82, 2.24) is 10.2 Å². The lowest BCUT2D eigenvalue weighted by atomic mass is 9.93. The molecule has 1 aliphatic rings. The van der Waals surface area contributed by atoms with Crippen molar-refractivity contribution in [3.63, 3.8) is 0 Å². The van der Waals surface area contributed by atoms with Gasteiger partial charge >= 0.3 is 0 Å². The molecule has 0 bridgehead atoms. The quantitative estimate of drug-likeness (QED) is 0.836. The van der Waals surface area contributed by atoms with Gasteiger partial charge in [0.25, 0.3) is 0 Å². The van der Waals surface area contributed by atoms with Crippen LogP contribution >= 0.6 is 0 Å². The minimum Gasteiger partial charge on any atom is -0.352 e. The van der Waals surface area contributed by atoms with Crippen molar-refractivity contribution in [1.29, 1.82) is 0 Å². The molecule has 1 aliphatic heterocycles. The van der Waals surface area contributed by atoms with Crippen LogP contribution in [0.2, 0.25) is 0 Å². The first-order valence-corrected chi connectivity index (χ1v) is 8.89. The highest BCUT2D eigenvalue weighted by atomic mass is 16.2. The molecular weight excluding hydrogens is 302 g/mol. The molecule has 0 spiro atoms. The molecule has 1 aromatic carbocycles. The largest absolute Gasteiger partial charge is 0.352 e. The van der Waals surface area contributed by atoms with Gasteiger partial charge in [-0.1, -0.05) is 50.6 Å². The third-order valence-corrected chi connectivity index (χ3v) is 5.03. The van der Waals surface area contributed by atoms with Gasteiger partial charge < -0.3 is 16.0 Å². The Morgan fingerprint density at radius 3 is 2.46 bits per heavy atom. The SMILES string of the molecule is CCC(C)C(N)C(=O)N1CCC(C(=O)NCc2ccccc2)CC1. The molecular formula is C19H29N3O2. The van der Waals surface area contributed by atoms with E-state index in [-0.39, 0.29) is 23.7 Å². The van der Waals surface area contributed by atoms with Gasteiger partial charge in [-0.05, 0) is 24.3 Å². The normalized spacial score (nSPS) is 18.0. The van der Waals surface area contributed by atoms with Crippen LogP contribution in [0.5, 0.6) is 0 Å². The van der Waals surface area contributed by atoms with Crippen LogP contribution in [-0.2, 0) is 16.1 Å². The molecule has 0 aliphatic carbocycles. The highest BCUT2D eigenvalue weighted by Gasteiger charge is 2.30. The zero-order chi connectivity index (χ0) is 17.5. The number of piperidine rings is 1. The van der Waals surface area contributed by atoms with Crippen LogP contribution < -0.4 is 11.1 Å². The van der Waals surface area contributed by atoms with Gasteiger partial charge in [-0.15, -0.1) is 0 Å². The molecule has 0 radical (unpaired) electrons. The number of nitrogens with zero attached hydrogens (tertiary/aromatic N) is 1. The van der Waals surface area contributed by atoms with Crippen molar-refractivity contribution in [2.45, 2.75) is 45.7 Å². The summed E-state index contributed by atoms with van der Waals surface area (Å²) in [6.45, 7) is 5.84. The molecule has 2 unspecified atom stereocenters. The summed E-state index contributed by atoms with van der Waals surface area (Å²) < 4.78 is 0. The Bertz CT molecular complexity index is 539. The van der Waals surface area contributed by atoms with Gasteiger partial charge in [-0.2, -0.15) is 0 Å². The second-order valence-corrected chi connectivity index (χ2v) is 6.71. The van der Waals surface area contributed by atoms with Crippen molar-refractivity contribution in [2.75, 3.05) is 13.1 Å². The number of carbonyl (C=O) groups excluding carboxylic acids is 2. The standard InChI is InChI=1S/C19H29N3O2/c1-3-14(2)17(20)19(24)22-11-9-16(10-12-22)18(23)21-13-15-7-5-4-6-8-15/h4-8,14,16-17H,3,9-13,20H2,1-2H3,(H,21,23). The molecule has 5 nitrogen and oxygen atoms in total. The van der Waals surface area contributed by atoms with Crippen molar-refractivity contribution >= 4 is 11.8 Å². The van der Waals surface area contributed by atoms with E-state index in [0.29, 0.717) is 32.5 Å². The van der Waals surface area contributed by atoms with Crippen LogP contribution in [0.3, 0.4) is 0 Å². The lowest BCUT2D eigenvalue weighted by Gasteiger charge is -2.34. The monoisotopic (exact) mass is 331 g/mol. The molecule has 24 heavy (non-hydrogen) atoms. The lowest BCUT2D eigenvalue weighted by Crippen LogP contribution is -2.50. The summed E-state index contributed by atoms with van der Waals surface area (Å²) in [5.41, 5.74) is 7.13. The van der Waals surface area contributed by atoms with Crippen molar-refractivity contribution in [3.8, 4) is 0 Å². The molecule has 0 aromatic heterocycles. The van der Waals surface area contributed by atoms with Gasteiger partial charge in [0.2, 0.25) is 11.8 Å². The number of benzene rings is 1. The zero-order valence-corrected chi connectivity index (χ0v) is 14.7. The highest BCUT2D eigenvalue weighted by molar-refractivity contribution is 5.83. The number of hydrogen-bond acceptors (Lipinski definition) is 3. The van der Waals surface area contributed by atoms with E-state index >= 15 is 0 Å². The predicted octanol–water partition coefficient (Wildman–Crippen LogP) is 1.91. The van der Waals surface area contributed by atoms with Gasteiger partial charge in [0.05, 0.1) is 6.04 Å². The summed E-state index contributed by atoms with van der Waals surface area (Å²) in [6.07, 6.45) is 2.31. The summed E-state index contributed by atoms with van der Waals surface area (Å²) in [6, 6.07) is 9.45. The number of hydrogen-bond donors (Lipinski definition) is 2. The first-order chi connectivity index (χ1) is 11.5. The molecule has 132 valence electrons. The Morgan fingerprint density at radius 1 is 1.25 bits per heavy atom. The van der Waals surface area contributed by atoms with E-state index in [1.54, 1.807) is 0 Å². The van der Waals surface area contributed by atoms with E-state index in [9.17, 15) is 9.59 Å². The van der Waals surface area contributed by atoms with Gasteiger partial charge in [0.15, 0.2) is 0 Å². The van der Waals surface area contributed by atoms with Crippen molar-refractivity contribution < 1.29 is 9.59 Å². The van der Waals surface area contributed by atoms with Crippen LogP contribution in [0.1, 0.15) is 38.7 Å². The molecule has 5 heteroatoms. The maximum Gasteiger partial charge on any atom is 0.239 e. The fraction of sp³-hybridized carbons (Fsp3) is 0.579. The lowest BCUT2D eigenvalue weighted by molar-refractivity contribution is -0.137. The summed E-state index contributed by atoms with van der Waals surface area (Å²) in [7, 11) is 0. The van der Waals surface area contributed by atoms with Crippen molar-refractivity contribution in [2.24, 2.45) is 17.6 Å². The van der Waals surface area contributed by atoms with E-state index in [1.165, 1.54) is 0 Å². The molecule has 2 atom stereocenters. The number of nitrogens with one attached hydrogen (secondary N) is 1. The van der Waals surface area contributed by atoms with Crippen LogP contribution in [0.4, 0.5) is 0 Å². The van der Waals surface area contributed by atoms with E-state index in [1.807, 2.05) is 49.1 Å². The summed E-state index contributed by atoms with van der Waals surface area (Å²) >= 11 is 0. The highest BCUT2D eigenvalue weighted by Crippen LogP contribution is 2.19. The van der Waals surface area contributed by atoms with Crippen LogP contribution in [0, 0.1) is 11.8 Å². The number of carbonyl (C=O) groups is 2. The zero-order valence-electron chi connectivity index (χ0n) is 14.7. The number of amides is 2. The maximum absolute atomic E-state index is 12.4. The second kappa shape index (κ2) is 8.83. The van der Waals surface area contributed by atoms with E-state index in [4.69, 9.17) is 5.73 Å². The summed E-state index contributed by atoms with van der Waals surface area (Å²) in [4.78, 5) is 26.5. The minimum atomic E-state index is -0.432. The van der Waals surface area contributed by atoms with Crippen LogP contribution in [0.25, 0.3) is 0 Å². The van der Waals surface area contributed by atoms with Gasteiger partial charge in [-0.3, -0.25) is 9.59 Å². The van der Waals surface area contributed by atoms with E-state index in [2.05, 4.69) is 5.32 Å². The van der Waals surface area contributed by atoms with Crippen molar-refractivity contribution in [3.05, 3.63) is 35.9 Å². The maximum atomic E-state index is 12.4. The Labute approximate surface area is 144 Å². The summed E-state index contributed by atoms with van der Waals surface area (Å²) in [5.74, 6) is 0.270. The Kier molecular flexibility index (Phi) is 6.79. The van der Waals surface area contributed by atoms with E-state index in [0.717, 1.165) is 12.0 Å². The van der Waals surface area contributed by atoms with Crippen LogP contribution in [0.15, 0.2) is 30.3 Å². The summed E-state index contributed by atoms with van der Waals surface area (Å²) in [5, 5.41) is 3.00. The average molecular weight is 331 g/mol. The van der Waals surface area contributed by atoms with Gasteiger partial charge in [-0.25, -0.2) is 0 Å². The predicted molar refractivity (Wildman–Crippen MR) is 95.0 cm³/mol. The van der Waals surface area contributed by atoms with Crippen LogP contribution in [-0.4, -0.2) is 35.8 Å². The fourth-order valence-corrected chi connectivity index (χ4v) is 3.00.